The van der Waals surface area contributed by atoms with Gasteiger partial charge >= 0.3 is 0 Å². The highest BCUT2D eigenvalue weighted by Crippen LogP contribution is 2.19. The van der Waals surface area contributed by atoms with E-state index < -0.39 is 6.04 Å². The molecule has 0 saturated carbocycles. The van der Waals surface area contributed by atoms with Crippen LogP contribution < -0.4 is 10.2 Å². The second kappa shape index (κ2) is 10.5. The summed E-state index contributed by atoms with van der Waals surface area (Å²) in [6.45, 7) is 10.6. The third-order valence-corrected chi connectivity index (χ3v) is 5.88. The molecular formula is C24H32N8O. The van der Waals surface area contributed by atoms with Crippen molar-refractivity contribution in [3.05, 3.63) is 54.7 Å². The molecule has 0 radical (unpaired) electrons. The SMILES string of the molecule is CC(CN1CCN(c2ccccn2)CC1)NC(=O)C(C(C)C)n1nnc(-c2ccccc2)n1. The topological polar surface area (TPSA) is 92.1 Å². The van der Waals surface area contributed by atoms with Crippen LogP contribution >= 0.6 is 0 Å². The molecule has 1 aliphatic heterocycles. The van der Waals surface area contributed by atoms with E-state index in [1.165, 1.54) is 4.80 Å². The number of rotatable bonds is 8. The highest BCUT2D eigenvalue weighted by atomic mass is 16.2. The number of nitrogens with one attached hydrogen (secondary N) is 1. The molecule has 1 aliphatic rings. The summed E-state index contributed by atoms with van der Waals surface area (Å²) in [4.78, 5) is 23.7. The average molecular weight is 449 g/mol. The first-order chi connectivity index (χ1) is 16.0. The number of hydrogen-bond donors (Lipinski definition) is 1. The lowest BCUT2D eigenvalue weighted by atomic mass is 10.0. The molecule has 9 nitrogen and oxygen atoms in total. The molecule has 2 unspecified atom stereocenters. The summed E-state index contributed by atoms with van der Waals surface area (Å²) in [5.74, 6) is 1.49. The largest absolute Gasteiger partial charge is 0.354 e. The molecule has 33 heavy (non-hydrogen) atoms. The van der Waals surface area contributed by atoms with E-state index in [-0.39, 0.29) is 17.9 Å². The Labute approximate surface area is 194 Å². The van der Waals surface area contributed by atoms with Gasteiger partial charge in [0, 0.05) is 50.5 Å². The minimum atomic E-state index is -0.515. The van der Waals surface area contributed by atoms with Crippen molar-refractivity contribution >= 4 is 11.7 Å². The summed E-state index contributed by atoms with van der Waals surface area (Å²) in [6.07, 6.45) is 1.83. The van der Waals surface area contributed by atoms with Crippen molar-refractivity contribution < 1.29 is 4.79 Å². The molecule has 1 saturated heterocycles. The first-order valence-corrected chi connectivity index (χ1v) is 11.5. The smallest absolute Gasteiger partial charge is 0.247 e. The molecule has 3 aromatic rings. The van der Waals surface area contributed by atoms with Crippen LogP contribution in [-0.4, -0.2) is 74.8 Å². The first-order valence-electron chi connectivity index (χ1n) is 11.5. The molecule has 2 atom stereocenters. The minimum Gasteiger partial charge on any atom is -0.354 e. The summed E-state index contributed by atoms with van der Waals surface area (Å²) in [5, 5.41) is 16.0. The second-order valence-electron chi connectivity index (χ2n) is 8.87. The Hall–Kier alpha value is -3.33. The summed E-state index contributed by atoms with van der Waals surface area (Å²) in [6, 6.07) is 15.2. The Balaban J connectivity index is 1.32. The molecule has 0 spiro atoms. The first kappa shape index (κ1) is 22.8. The van der Waals surface area contributed by atoms with Crippen molar-refractivity contribution in [3.63, 3.8) is 0 Å². The van der Waals surface area contributed by atoms with Gasteiger partial charge in [0.1, 0.15) is 5.82 Å². The van der Waals surface area contributed by atoms with Gasteiger partial charge in [0.05, 0.1) is 0 Å². The number of tetrazole rings is 1. The van der Waals surface area contributed by atoms with Crippen LogP contribution in [0, 0.1) is 5.92 Å². The third kappa shape index (κ3) is 5.73. The Bertz CT molecular complexity index is 1020. The number of nitrogens with zero attached hydrogens (tertiary/aromatic N) is 7. The summed E-state index contributed by atoms with van der Waals surface area (Å²) < 4.78 is 0. The predicted octanol–water partition coefficient (Wildman–Crippen LogP) is 2.26. The maximum absolute atomic E-state index is 13.1. The van der Waals surface area contributed by atoms with Gasteiger partial charge in [-0.25, -0.2) is 4.98 Å². The lowest BCUT2D eigenvalue weighted by molar-refractivity contribution is -0.127. The fourth-order valence-electron chi connectivity index (χ4n) is 4.18. The lowest BCUT2D eigenvalue weighted by Crippen LogP contribution is -2.52. The fourth-order valence-corrected chi connectivity index (χ4v) is 4.18. The standard InChI is InChI=1S/C24H32N8O/c1-18(2)22(32-28-23(27-29-32)20-9-5-4-6-10-20)24(33)26-19(3)17-30-13-15-31(16-14-30)21-11-7-8-12-25-21/h4-12,18-19,22H,13-17H2,1-3H3,(H,26,33). The Morgan fingerprint density at radius 2 is 1.73 bits per heavy atom. The van der Waals surface area contributed by atoms with Crippen LogP contribution in [0.4, 0.5) is 5.82 Å². The molecule has 174 valence electrons. The van der Waals surface area contributed by atoms with Crippen molar-refractivity contribution in [1.82, 2.24) is 35.4 Å². The average Bonchev–Trinajstić information content (AvgIpc) is 3.30. The predicted molar refractivity (Wildman–Crippen MR) is 128 cm³/mol. The monoisotopic (exact) mass is 448 g/mol. The zero-order valence-corrected chi connectivity index (χ0v) is 19.5. The van der Waals surface area contributed by atoms with Gasteiger partial charge in [0.25, 0.3) is 0 Å². The molecule has 1 amide bonds. The minimum absolute atomic E-state index is 0.0114. The van der Waals surface area contributed by atoms with Gasteiger partial charge in [-0.2, -0.15) is 4.80 Å². The number of aromatic nitrogens is 5. The zero-order chi connectivity index (χ0) is 23.2. The van der Waals surface area contributed by atoms with Crippen LogP contribution in [-0.2, 0) is 4.79 Å². The van der Waals surface area contributed by atoms with E-state index >= 15 is 0 Å². The van der Waals surface area contributed by atoms with Crippen LogP contribution in [0.1, 0.15) is 26.8 Å². The Morgan fingerprint density at radius 1 is 1.00 bits per heavy atom. The number of amides is 1. The lowest BCUT2D eigenvalue weighted by Gasteiger charge is -2.36. The number of piperazine rings is 1. The number of pyridine rings is 1. The van der Waals surface area contributed by atoms with Crippen LogP contribution in [0.25, 0.3) is 11.4 Å². The van der Waals surface area contributed by atoms with E-state index in [4.69, 9.17) is 0 Å². The van der Waals surface area contributed by atoms with Crippen molar-refractivity contribution in [2.45, 2.75) is 32.9 Å². The van der Waals surface area contributed by atoms with E-state index in [1.807, 2.05) is 75.5 Å². The van der Waals surface area contributed by atoms with Crippen LogP contribution in [0.3, 0.4) is 0 Å². The molecule has 1 fully saturated rings. The van der Waals surface area contributed by atoms with Crippen molar-refractivity contribution in [3.8, 4) is 11.4 Å². The van der Waals surface area contributed by atoms with E-state index in [9.17, 15) is 4.79 Å². The number of benzene rings is 1. The van der Waals surface area contributed by atoms with E-state index in [0.717, 1.165) is 44.1 Å². The van der Waals surface area contributed by atoms with E-state index in [2.05, 4.69) is 35.5 Å². The zero-order valence-electron chi connectivity index (χ0n) is 19.5. The number of carbonyl (C=O) groups is 1. The highest BCUT2D eigenvalue weighted by molar-refractivity contribution is 5.80. The molecule has 0 aliphatic carbocycles. The van der Waals surface area contributed by atoms with Crippen LogP contribution in [0.5, 0.6) is 0 Å². The maximum Gasteiger partial charge on any atom is 0.247 e. The Kier molecular flexibility index (Phi) is 7.29. The number of hydrogen-bond acceptors (Lipinski definition) is 7. The molecular weight excluding hydrogens is 416 g/mol. The molecule has 4 rings (SSSR count). The van der Waals surface area contributed by atoms with Gasteiger partial charge in [-0.05, 0) is 30.2 Å². The van der Waals surface area contributed by atoms with Gasteiger partial charge in [0.15, 0.2) is 6.04 Å². The van der Waals surface area contributed by atoms with Crippen LogP contribution in [0.15, 0.2) is 54.7 Å². The molecule has 2 aromatic heterocycles. The van der Waals surface area contributed by atoms with E-state index in [1.54, 1.807) is 0 Å². The highest BCUT2D eigenvalue weighted by Gasteiger charge is 2.29. The summed E-state index contributed by atoms with van der Waals surface area (Å²) in [7, 11) is 0. The van der Waals surface area contributed by atoms with Crippen molar-refractivity contribution in [1.29, 1.82) is 0 Å². The number of carbonyl (C=O) groups excluding carboxylic acids is 1. The van der Waals surface area contributed by atoms with E-state index in [0.29, 0.717) is 5.82 Å². The summed E-state index contributed by atoms with van der Waals surface area (Å²) >= 11 is 0. The molecule has 1 N–H and O–H groups in total. The molecule has 3 heterocycles. The van der Waals surface area contributed by atoms with Crippen LogP contribution in [0.2, 0.25) is 0 Å². The van der Waals surface area contributed by atoms with Gasteiger partial charge in [0.2, 0.25) is 11.7 Å². The maximum atomic E-state index is 13.1. The van der Waals surface area contributed by atoms with Crippen molar-refractivity contribution in [2.75, 3.05) is 37.6 Å². The number of anilines is 1. The van der Waals surface area contributed by atoms with Gasteiger partial charge in [-0.15, -0.1) is 10.2 Å². The normalized spacial score (nSPS) is 16.5. The van der Waals surface area contributed by atoms with Gasteiger partial charge < -0.3 is 10.2 Å². The van der Waals surface area contributed by atoms with Gasteiger partial charge in [-0.1, -0.05) is 50.2 Å². The van der Waals surface area contributed by atoms with Gasteiger partial charge in [-0.3, -0.25) is 9.69 Å². The molecule has 9 heteroatoms. The molecule has 1 aromatic carbocycles. The van der Waals surface area contributed by atoms with Crippen molar-refractivity contribution in [2.24, 2.45) is 5.92 Å². The quantitative estimate of drug-likeness (QED) is 0.565. The Morgan fingerprint density at radius 3 is 2.39 bits per heavy atom. The fraction of sp³-hybridized carbons (Fsp3) is 0.458. The second-order valence-corrected chi connectivity index (χ2v) is 8.87. The summed E-state index contributed by atoms with van der Waals surface area (Å²) in [5.41, 5.74) is 0.880. The third-order valence-electron chi connectivity index (χ3n) is 5.88. The molecule has 0 bridgehead atoms.